The largest absolute Gasteiger partial charge is 0.493 e. The van der Waals surface area contributed by atoms with Gasteiger partial charge in [0.2, 0.25) is 5.91 Å². The monoisotopic (exact) mass is 393 g/mol. The summed E-state index contributed by atoms with van der Waals surface area (Å²) in [6.07, 6.45) is -3.25. The molecule has 0 aliphatic carbocycles. The van der Waals surface area contributed by atoms with Gasteiger partial charge in [0.15, 0.2) is 0 Å². The molecule has 6 heteroatoms. The number of hydrogen-bond donors (Lipinski definition) is 1. The molecule has 0 radical (unpaired) electrons. The number of hydrogen-bond acceptors (Lipinski definition) is 2. The van der Waals surface area contributed by atoms with Crippen LogP contribution < -0.4 is 10.1 Å². The summed E-state index contributed by atoms with van der Waals surface area (Å²) in [5, 5.41) is 2.59. The van der Waals surface area contributed by atoms with Crippen molar-refractivity contribution in [2.75, 3.05) is 11.9 Å². The van der Waals surface area contributed by atoms with E-state index in [1.54, 1.807) is 13.8 Å². The second-order valence-corrected chi connectivity index (χ2v) is 7.64. The molecule has 0 aliphatic heterocycles. The Labute approximate surface area is 163 Å². The van der Waals surface area contributed by atoms with Crippen molar-refractivity contribution in [1.82, 2.24) is 0 Å². The Hall–Kier alpha value is -2.50. The van der Waals surface area contributed by atoms with Gasteiger partial charge in [-0.3, -0.25) is 4.79 Å². The van der Waals surface area contributed by atoms with Crippen LogP contribution in [0.25, 0.3) is 0 Å². The maximum atomic E-state index is 12.8. The minimum atomic E-state index is -4.44. The van der Waals surface area contributed by atoms with Crippen molar-refractivity contribution in [2.45, 2.75) is 46.7 Å². The first kappa shape index (κ1) is 21.8. The lowest BCUT2D eigenvalue weighted by molar-refractivity contribution is -0.137. The highest BCUT2D eigenvalue weighted by atomic mass is 19.4. The third-order valence-corrected chi connectivity index (χ3v) is 4.61. The number of rotatable bonds is 7. The number of ether oxygens (including phenoxy) is 1. The van der Waals surface area contributed by atoms with Gasteiger partial charge in [0, 0.05) is 11.1 Å². The molecule has 152 valence electrons. The van der Waals surface area contributed by atoms with E-state index in [1.807, 2.05) is 32.0 Å². The molecule has 0 aliphatic rings. The zero-order chi connectivity index (χ0) is 20.9. The van der Waals surface area contributed by atoms with Gasteiger partial charge >= 0.3 is 6.18 Å². The summed E-state index contributed by atoms with van der Waals surface area (Å²) in [4.78, 5) is 12.5. The maximum absolute atomic E-state index is 12.8. The highest BCUT2D eigenvalue weighted by Gasteiger charge is 2.31. The van der Waals surface area contributed by atoms with Crippen LogP contribution >= 0.6 is 0 Å². The minimum Gasteiger partial charge on any atom is -0.493 e. The lowest BCUT2D eigenvalue weighted by atomic mass is 9.87. The van der Waals surface area contributed by atoms with E-state index < -0.39 is 17.2 Å². The number of carbonyl (C=O) groups excluding carboxylic acids is 1. The second kappa shape index (κ2) is 8.67. The number of halogens is 3. The van der Waals surface area contributed by atoms with E-state index in [0.29, 0.717) is 19.4 Å². The van der Waals surface area contributed by atoms with Crippen LogP contribution in [-0.2, 0) is 11.0 Å². The van der Waals surface area contributed by atoms with Gasteiger partial charge in [-0.15, -0.1) is 0 Å². The molecule has 0 unspecified atom stereocenters. The van der Waals surface area contributed by atoms with E-state index in [9.17, 15) is 18.0 Å². The van der Waals surface area contributed by atoms with E-state index >= 15 is 0 Å². The molecule has 1 amide bonds. The van der Waals surface area contributed by atoms with Gasteiger partial charge < -0.3 is 10.1 Å². The van der Waals surface area contributed by atoms with Crippen molar-refractivity contribution in [1.29, 1.82) is 0 Å². The summed E-state index contributed by atoms with van der Waals surface area (Å²) in [6, 6.07) is 10.6. The quantitative estimate of drug-likeness (QED) is 0.573. The minimum absolute atomic E-state index is 0.138. The topological polar surface area (TPSA) is 38.3 Å². The first-order chi connectivity index (χ1) is 13.0. The molecule has 0 saturated heterocycles. The molecule has 0 aromatic heterocycles. The van der Waals surface area contributed by atoms with Gasteiger partial charge in [-0.25, -0.2) is 0 Å². The first-order valence-corrected chi connectivity index (χ1v) is 9.18. The summed E-state index contributed by atoms with van der Waals surface area (Å²) in [5.41, 5.74) is 0.775. The Morgan fingerprint density at radius 2 is 1.79 bits per heavy atom. The Morgan fingerprint density at radius 1 is 1.07 bits per heavy atom. The molecule has 2 aromatic rings. The summed E-state index contributed by atoms with van der Waals surface area (Å²) >= 11 is 0. The number of aryl methyl sites for hydroxylation is 2. The van der Waals surface area contributed by atoms with Crippen LogP contribution in [0.3, 0.4) is 0 Å². The van der Waals surface area contributed by atoms with E-state index in [0.717, 1.165) is 29.0 Å². The third kappa shape index (κ3) is 6.01. The average Bonchev–Trinajstić information content (AvgIpc) is 2.61. The van der Waals surface area contributed by atoms with Crippen molar-refractivity contribution < 1.29 is 22.7 Å². The molecule has 0 spiro atoms. The Kier molecular flexibility index (Phi) is 6.75. The Bertz CT molecular complexity index is 829. The lowest BCUT2D eigenvalue weighted by Crippen LogP contribution is -2.31. The molecule has 0 bridgehead atoms. The highest BCUT2D eigenvalue weighted by molar-refractivity contribution is 5.94. The molecule has 1 N–H and O–H groups in total. The number of amides is 1. The standard InChI is InChI=1S/C22H26F3NO2/c1-15-9-10-16(2)19(13-15)28-12-6-11-21(3,4)20(27)26-18-8-5-7-17(14-18)22(23,24)25/h5,7-10,13-14H,6,11-12H2,1-4H3,(H,26,27). The van der Waals surface area contributed by atoms with Gasteiger partial charge in [0.05, 0.1) is 12.2 Å². The Morgan fingerprint density at radius 3 is 2.46 bits per heavy atom. The molecular formula is C22H26F3NO2. The molecule has 0 heterocycles. The summed E-state index contributed by atoms with van der Waals surface area (Å²) in [6.45, 7) is 7.97. The molecular weight excluding hydrogens is 367 g/mol. The normalized spacial score (nSPS) is 12.0. The fourth-order valence-corrected chi connectivity index (χ4v) is 2.75. The van der Waals surface area contributed by atoms with Crippen LogP contribution in [0.1, 0.15) is 43.4 Å². The smallest absolute Gasteiger partial charge is 0.416 e. The number of anilines is 1. The molecule has 3 nitrogen and oxygen atoms in total. The maximum Gasteiger partial charge on any atom is 0.416 e. The van der Waals surface area contributed by atoms with Crippen LogP contribution in [0.15, 0.2) is 42.5 Å². The zero-order valence-electron chi connectivity index (χ0n) is 16.6. The molecule has 0 saturated carbocycles. The van der Waals surface area contributed by atoms with Crippen molar-refractivity contribution in [3.8, 4) is 5.75 Å². The van der Waals surface area contributed by atoms with E-state index in [4.69, 9.17) is 4.74 Å². The van der Waals surface area contributed by atoms with Crippen molar-refractivity contribution >= 4 is 11.6 Å². The van der Waals surface area contributed by atoms with Crippen molar-refractivity contribution in [3.05, 3.63) is 59.2 Å². The van der Waals surface area contributed by atoms with Gasteiger partial charge in [-0.05, 0) is 62.1 Å². The fourth-order valence-electron chi connectivity index (χ4n) is 2.75. The van der Waals surface area contributed by atoms with Crippen LogP contribution in [0.5, 0.6) is 5.75 Å². The number of carbonyl (C=O) groups is 1. The van der Waals surface area contributed by atoms with Crippen LogP contribution in [-0.4, -0.2) is 12.5 Å². The Balaban J connectivity index is 1.89. The predicted molar refractivity (Wildman–Crippen MR) is 104 cm³/mol. The zero-order valence-corrected chi connectivity index (χ0v) is 16.6. The van der Waals surface area contributed by atoms with Crippen LogP contribution in [0.2, 0.25) is 0 Å². The van der Waals surface area contributed by atoms with E-state index in [-0.39, 0.29) is 11.6 Å². The highest BCUT2D eigenvalue weighted by Crippen LogP contribution is 2.31. The molecule has 2 rings (SSSR count). The van der Waals surface area contributed by atoms with Crippen LogP contribution in [0.4, 0.5) is 18.9 Å². The second-order valence-electron chi connectivity index (χ2n) is 7.64. The number of alkyl halides is 3. The van der Waals surface area contributed by atoms with Gasteiger partial charge in [-0.1, -0.05) is 32.0 Å². The molecule has 0 fully saturated rings. The van der Waals surface area contributed by atoms with Gasteiger partial charge in [-0.2, -0.15) is 13.2 Å². The summed E-state index contributed by atoms with van der Waals surface area (Å²) in [7, 11) is 0. The summed E-state index contributed by atoms with van der Waals surface area (Å²) < 4.78 is 44.2. The number of benzene rings is 2. The van der Waals surface area contributed by atoms with E-state index in [2.05, 4.69) is 5.32 Å². The predicted octanol–water partition coefficient (Wildman–Crippen LogP) is 6.15. The first-order valence-electron chi connectivity index (χ1n) is 9.18. The lowest BCUT2D eigenvalue weighted by Gasteiger charge is -2.24. The molecule has 28 heavy (non-hydrogen) atoms. The van der Waals surface area contributed by atoms with Crippen molar-refractivity contribution in [3.63, 3.8) is 0 Å². The van der Waals surface area contributed by atoms with Crippen molar-refractivity contribution in [2.24, 2.45) is 5.41 Å². The summed E-state index contributed by atoms with van der Waals surface area (Å²) in [5.74, 6) is 0.504. The third-order valence-electron chi connectivity index (χ3n) is 4.61. The number of nitrogens with one attached hydrogen (secondary N) is 1. The SMILES string of the molecule is Cc1ccc(C)c(OCCCC(C)(C)C(=O)Nc2cccc(C(F)(F)F)c2)c1. The average molecular weight is 393 g/mol. The molecule has 0 atom stereocenters. The van der Waals surface area contributed by atoms with E-state index in [1.165, 1.54) is 12.1 Å². The van der Waals surface area contributed by atoms with Gasteiger partial charge in [0.1, 0.15) is 5.75 Å². The fraction of sp³-hybridized carbons (Fsp3) is 0.409. The van der Waals surface area contributed by atoms with Crippen LogP contribution in [0, 0.1) is 19.3 Å². The van der Waals surface area contributed by atoms with Gasteiger partial charge in [0.25, 0.3) is 0 Å². The molecule has 2 aromatic carbocycles.